The van der Waals surface area contributed by atoms with Crippen molar-refractivity contribution in [3.05, 3.63) is 34.9 Å². The molecule has 0 bridgehead atoms. The zero-order valence-electron chi connectivity index (χ0n) is 16.3. The van der Waals surface area contributed by atoms with Crippen molar-refractivity contribution in [1.29, 1.82) is 0 Å². The molecule has 0 radical (unpaired) electrons. The minimum Gasteiger partial charge on any atom is -0.454 e. The van der Waals surface area contributed by atoms with Crippen LogP contribution in [0.25, 0.3) is 0 Å². The fourth-order valence-corrected chi connectivity index (χ4v) is 4.70. The highest BCUT2D eigenvalue weighted by Crippen LogP contribution is 2.14. The molecule has 29 heavy (non-hydrogen) atoms. The van der Waals surface area contributed by atoms with Gasteiger partial charge < -0.3 is 15.4 Å². The molecule has 10 heteroatoms. The van der Waals surface area contributed by atoms with Crippen LogP contribution in [0.1, 0.15) is 37.0 Å². The molecule has 2 amide bonds. The molecule has 0 aliphatic carbocycles. The predicted octanol–water partition coefficient (Wildman–Crippen LogP) is 1.33. The van der Waals surface area contributed by atoms with Gasteiger partial charge in [-0.05, 0) is 36.6 Å². The van der Waals surface area contributed by atoms with Crippen LogP contribution in [-0.4, -0.2) is 56.4 Å². The van der Waals surface area contributed by atoms with E-state index in [4.69, 9.17) is 16.3 Å². The molecule has 160 valence electrons. The Kier molecular flexibility index (Phi) is 8.04. The molecule has 1 fully saturated rings. The number of nitrogens with one attached hydrogen (secondary N) is 2. The molecule has 1 aliphatic heterocycles. The molecule has 0 aromatic heterocycles. The number of benzene rings is 1. The van der Waals surface area contributed by atoms with Crippen molar-refractivity contribution in [1.82, 2.24) is 10.6 Å². The molecule has 0 saturated carbocycles. The highest BCUT2D eigenvalue weighted by atomic mass is 35.5. The number of carbonyl (C=O) groups excluding carboxylic acids is 3. The lowest BCUT2D eigenvalue weighted by Gasteiger charge is -2.23. The standard InChI is InChI=1S/C19H25ClN2O6S/c1-3-12(2)17(22-18(24)13-4-6-14(20)7-5-13)19(25)28-10-16(23)21-15-8-9-29(26,27)11-15/h4-7,12,15,17H,3,8-11H2,1-2H3,(H,21,23)(H,22,24)/t12-,15?,17-/m0/s1. The maximum Gasteiger partial charge on any atom is 0.329 e. The summed E-state index contributed by atoms with van der Waals surface area (Å²) in [5.41, 5.74) is 0.343. The van der Waals surface area contributed by atoms with Gasteiger partial charge in [0.05, 0.1) is 11.5 Å². The number of hydrogen-bond acceptors (Lipinski definition) is 6. The maximum absolute atomic E-state index is 12.5. The lowest BCUT2D eigenvalue weighted by molar-refractivity contribution is -0.151. The van der Waals surface area contributed by atoms with Gasteiger partial charge in [0.25, 0.3) is 11.8 Å². The van der Waals surface area contributed by atoms with Gasteiger partial charge in [0.1, 0.15) is 6.04 Å². The molecule has 1 aromatic rings. The molecule has 1 heterocycles. The molecule has 3 atom stereocenters. The number of ether oxygens (including phenoxy) is 1. The Morgan fingerprint density at radius 3 is 2.45 bits per heavy atom. The number of sulfone groups is 1. The summed E-state index contributed by atoms with van der Waals surface area (Å²) < 4.78 is 28.0. The fourth-order valence-electron chi connectivity index (χ4n) is 2.90. The SMILES string of the molecule is CC[C@H](C)[C@H](NC(=O)c1ccc(Cl)cc1)C(=O)OCC(=O)NC1CCS(=O)(=O)C1. The number of esters is 1. The van der Waals surface area contributed by atoms with Crippen LogP contribution in [0.3, 0.4) is 0 Å². The smallest absolute Gasteiger partial charge is 0.329 e. The Morgan fingerprint density at radius 1 is 1.24 bits per heavy atom. The van der Waals surface area contributed by atoms with E-state index in [1.54, 1.807) is 31.2 Å². The number of carbonyl (C=O) groups is 3. The Labute approximate surface area is 175 Å². The first-order valence-corrected chi connectivity index (χ1v) is 11.5. The first-order chi connectivity index (χ1) is 13.6. The van der Waals surface area contributed by atoms with Gasteiger partial charge in [0.2, 0.25) is 0 Å². The molecular formula is C19H25ClN2O6S. The Hall–Kier alpha value is -2.13. The van der Waals surface area contributed by atoms with Crippen LogP contribution in [0.4, 0.5) is 0 Å². The van der Waals surface area contributed by atoms with E-state index in [1.165, 1.54) is 0 Å². The summed E-state index contributed by atoms with van der Waals surface area (Å²) in [6, 6.07) is 4.82. The zero-order valence-corrected chi connectivity index (χ0v) is 17.9. The third-order valence-electron chi connectivity index (χ3n) is 4.80. The van der Waals surface area contributed by atoms with Gasteiger partial charge >= 0.3 is 5.97 Å². The van der Waals surface area contributed by atoms with E-state index in [1.807, 2.05) is 6.92 Å². The summed E-state index contributed by atoms with van der Waals surface area (Å²) in [5, 5.41) is 5.68. The van der Waals surface area contributed by atoms with Gasteiger partial charge in [0.15, 0.2) is 16.4 Å². The summed E-state index contributed by atoms with van der Waals surface area (Å²) >= 11 is 5.82. The van der Waals surface area contributed by atoms with Crippen molar-refractivity contribution < 1.29 is 27.5 Å². The number of halogens is 1. The average molecular weight is 445 g/mol. The highest BCUT2D eigenvalue weighted by Gasteiger charge is 2.31. The Bertz CT molecular complexity index is 856. The second-order valence-electron chi connectivity index (χ2n) is 7.12. The molecule has 2 N–H and O–H groups in total. The van der Waals surface area contributed by atoms with Crippen molar-refractivity contribution >= 4 is 39.2 Å². The van der Waals surface area contributed by atoms with Crippen LogP contribution in [0.15, 0.2) is 24.3 Å². The monoisotopic (exact) mass is 444 g/mol. The van der Waals surface area contributed by atoms with Crippen LogP contribution < -0.4 is 10.6 Å². The highest BCUT2D eigenvalue weighted by molar-refractivity contribution is 7.91. The first kappa shape index (κ1) is 23.2. The minimum absolute atomic E-state index is 0.0323. The van der Waals surface area contributed by atoms with Crippen LogP contribution in [0.2, 0.25) is 5.02 Å². The van der Waals surface area contributed by atoms with E-state index in [0.717, 1.165) is 0 Å². The molecule has 1 unspecified atom stereocenters. The number of amides is 2. The minimum atomic E-state index is -3.12. The van der Waals surface area contributed by atoms with Crippen molar-refractivity contribution in [2.45, 2.75) is 38.8 Å². The maximum atomic E-state index is 12.5. The quantitative estimate of drug-likeness (QED) is 0.584. The molecule has 2 rings (SSSR count). The molecule has 0 spiro atoms. The summed E-state index contributed by atoms with van der Waals surface area (Å²) in [7, 11) is -3.12. The largest absolute Gasteiger partial charge is 0.454 e. The van der Waals surface area contributed by atoms with Crippen molar-refractivity contribution in [2.75, 3.05) is 18.1 Å². The molecule has 1 aromatic carbocycles. The van der Waals surface area contributed by atoms with Gasteiger partial charge in [0, 0.05) is 16.6 Å². The van der Waals surface area contributed by atoms with Gasteiger partial charge in [-0.3, -0.25) is 9.59 Å². The topological polar surface area (TPSA) is 119 Å². The fraction of sp³-hybridized carbons (Fsp3) is 0.526. The average Bonchev–Trinajstić information content (AvgIpc) is 3.02. The third kappa shape index (κ3) is 7.01. The zero-order chi connectivity index (χ0) is 21.6. The van der Waals surface area contributed by atoms with Crippen LogP contribution in [0.5, 0.6) is 0 Å². The summed E-state index contributed by atoms with van der Waals surface area (Å²) in [6.45, 7) is 3.11. The van der Waals surface area contributed by atoms with Crippen LogP contribution in [0, 0.1) is 5.92 Å². The van der Waals surface area contributed by atoms with Crippen LogP contribution >= 0.6 is 11.6 Å². The number of hydrogen-bond donors (Lipinski definition) is 2. The van der Waals surface area contributed by atoms with E-state index in [9.17, 15) is 22.8 Å². The molecule has 1 aliphatic rings. The van der Waals surface area contributed by atoms with E-state index in [0.29, 0.717) is 23.4 Å². The normalized spacial score (nSPS) is 19.8. The van der Waals surface area contributed by atoms with E-state index in [-0.39, 0.29) is 17.4 Å². The number of rotatable bonds is 8. The van der Waals surface area contributed by atoms with E-state index < -0.39 is 46.3 Å². The van der Waals surface area contributed by atoms with Gasteiger partial charge in [-0.1, -0.05) is 31.9 Å². The molecule has 1 saturated heterocycles. The summed E-state index contributed by atoms with van der Waals surface area (Å²) in [5.74, 6) is -2.06. The van der Waals surface area contributed by atoms with Crippen molar-refractivity contribution in [3.63, 3.8) is 0 Å². The van der Waals surface area contributed by atoms with Crippen LogP contribution in [-0.2, 0) is 24.2 Å². The summed E-state index contributed by atoms with van der Waals surface area (Å²) in [4.78, 5) is 36.9. The van der Waals surface area contributed by atoms with Gasteiger partial charge in [-0.25, -0.2) is 13.2 Å². The third-order valence-corrected chi connectivity index (χ3v) is 6.82. The van der Waals surface area contributed by atoms with Gasteiger partial charge in [-0.15, -0.1) is 0 Å². The Balaban J connectivity index is 1.91. The second-order valence-corrected chi connectivity index (χ2v) is 9.78. The first-order valence-electron chi connectivity index (χ1n) is 9.34. The lowest BCUT2D eigenvalue weighted by atomic mass is 9.99. The van der Waals surface area contributed by atoms with E-state index >= 15 is 0 Å². The lowest BCUT2D eigenvalue weighted by Crippen LogP contribution is -2.47. The summed E-state index contributed by atoms with van der Waals surface area (Å²) in [6.07, 6.45) is 0.946. The predicted molar refractivity (Wildman–Crippen MR) is 108 cm³/mol. The van der Waals surface area contributed by atoms with Gasteiger partial charge in [-0.2, -0.15) is 0 Å². The molecular weight excluding hydrogens is 420 g/mol. The van der Waals surface area contributed by atoms with E-state index in [2.05, 4.69) is 10.6 Å². The second kappa shape index (κ2) is 10.1. The van der Waals surface area contributed by atoms with Crippen molar-refractivity contribution in [2.24, 2.45) is 5.92 Å². The van der Waals surface area contributed by atoms with Crippen molar-refractivity contribution in [3.8, 4) is 0 Å². The molecule has 8 nitrogen and oxygen atoms in total. The Morgan fingerprint density at radius 2 is 1.90 bits per heavy atom.